The molecule has 0 fully saturated rings. The first-order valence-corrected chi connectivity index (χ1v) is 11.3. The summed E-state index contributed by atoms with van der Waals surface area (Å²) in [5.74, 6) is 0.246. The van der Waals surface area contributed by atoms with Gasteiger partial charge in [0.1, 0.15) is 11.3 Å². The third-order valence-corrected chi connectivity index (χ3v) is 6.33. The molecule has 7 heteroatoms. The molecule has 4 aromatic rings. The van der Waals surface area contributed by atoms with Gasteiger partial charge < -0.3 is 9.73 Å². The van der Waals surface area contributed by atoms with Crippen LogP contribution in [0.1, 0.15) is 34.6 Å². The van der Waals surface area contributed by atoms with Crippen LogP contribution in [0.5, 0.6) is 0 Å². The van der Waals surface area contributed by atoms with Gasteiger partial charge >= 0.3 is 0 Å². The number of benzene rings is 3. The number of carbonyl (C=O) groups excluding carboxylic acids is 1. The second-order valence-corrected chi connectivity index (χ2v) is 8.99. The lowest BCUT2D eigenvalue weighted by molar-refractivity contribution is 0.0935. The predicted molar refractivity (Wildman–Crippen MR) is 119 cm³/mol. The third-order valence-electron chi connectivity index (χ3n) is 4.93. The zero-order valence-electron chi connectivity index (χ0n) is 16.9. The van der Waals surface area contributed by atoms with Crippen molar-refractivity contribution in [2.75, 3.05) is 0 Å². The van der Waals surface area contributed by atoms with Gasteiger partial charge in [-0.25, -0.2) is 13.1 Å². The van der Waals surface area contributed by atoms with Crippen LogP contribution in [0.25, 0.3) is 11.0 Å². The van der Waals surface area contributed by atoms with Gasteiger partial charge in [-0.2, -0.15) is 0 Å². The van der Waals surface area contributed by atoms with Gasteiger partial charge in [-0.3, -0.25) is 4.79 Å². The van der Waals surface area contributed by atoms with Crippen molar-refractivity contribution in [2.45, 2.75) is 24.4 Å². The van der Waals surface area contributed by atoms with Crippen molar-refractivity contribution in [2.24, 2.45) is 0 Å². The van der Waals surface area contributed by atoms with Crippen molar-refractivity contribution in [3.63, 3.8) is 0 Å². The van der Waals surface area contributed by atoms with E-state index in [1.54, 1.807) is 12.1 Å². The fraction of sp³-hybridized carbons (Fsp3) is 0.125. The molecule has 1 heterocycles. The van der Waals surface area contributed by atoms with Crippen molar-refractivity contribution in [3.8, 4) is 0 Å². The number of hydrogen-bond acceptors (Lipinski definition) is 4. The van der Waals surface area contributed by atoms with E-state index in [1.807, 2.05) is 67.6 Å². The lowest BCUT2D eigenvalue weighted by atomic mass is 10.1. The van der Waals surface area contributed by atoms with Crippen LogP contribution in [0.2, 0.25) is 0 Å². The average molecular weight is 435 g/mol. The van der Waals surface area contributed by atoms with E-state index >= 15 is 0 Å². The molecule has 1 aromatic heterocycles. The lowest BCUT2D eigenvalue weighted by Crippen LogP contribution is -2.27. The summed E-state index contributed by atoms with van der Waals surface area (Å²) < 4.78 is 33.7. The van der Waals surface area contributed by atoms with Crippen molar-refractivity contribution in [3.05, 3.63) is 102 Å². The van der Waals surface area contributed by atoms with Crippen LogP contribution in [-0.2, 0) is 16.6 Å². The summed E-state index contributed by atoms with van der Waals surface area (Å²) in [7, 11) is -3.76. The van der Waals surface area contributed by atoms with Gasteiger partial charge in [0.15, 0.2) is 0 Å². The molecule has 2 N–H and O–H groups in total. The van der Waals surface area contributed by atoms with Crippen molar-refractivity contribution in [1.29, 1.82) is 0 Å². The summed E-state index contributed by atoms with van der Waals surface area (Å²) in [6.45, 7) is 1.99. The Balaban J connectivity index is 1.47. The van der Waals surface area contributed by atoms with E-state index in [-0.39, 0.29) is 29.0 Å². The van der Waals surface area contributed by atoms with E-state index in [2.05, 4.69) is 10.0 Å². The van der Waals surface area contributed by atoms with Gasteiger partial charge in [-0.15, -0.1) is 0 Å². The summed E-state index contributed by atoms with van der Waals surface area (Å²) in [4.78, 5) is 12.8. The van der Waals surface area contributed by atoms with Crippen LogP contribution in [0.15, 0.2) is 94.2 Å². The predicted octanol–water partition coefficient (Wildman–Crippen LogP) is 4.40. The van der Waals surface area contributed by atoms with Crippen LogP contribution in [0, 0.1) is 0 Å². The Morgan fingerprint density at radius 3 is 2.45 bits per heavy atom. The Bertz CT molecular complexity index is 1280. The van der Waals surface area contributed by atoms with E-state index in [9.17, 15) is 13.2 Å². The number of nitrogens with one attached hydrogen (secondary N) is 2. The highest BCUT2D eigenvalue weighted by Gasteiger charge is 2.19. The SMILES string of the molecule is C[C@H](NC(=O)c1cccc(S(=O)(=O)NCc2ccccc2)c1)c1cc2ccccc2o1. The Morgan fingerprint density at radius 2 is 1.68 bits per heavy atom. The maximum Gasteiger partial charge on any atom is 0.251 e. The molecule has 0 aliphatic rings. The lowest BCUT2D eigenvalue weighted by Gasteiger charge is -2.12. The maximum atomic E-state index is 12.7. The van der Waals surface area contributed by atoms with Crippen LogP contribution in [0.4, 0.5) is 0 Å². The van der Waals surface area contributed by atoms with Crippen LogP contribution < -0.4 is 10.0 Å². The minimum absolute atomic E-state index is 0.0347. The molecule has 4 rings (SSSR count). The largest absolute Gasteiger partial charge is 0.459 e. The van der Waals surface area contributed by atoms with Crippen LogP contribution >= 0.6 is 0 Å². The van der Waals surface area contributed by atoms with Gasteiger partial charge in [0.25, 0.3) is 5.91 Å². The van der Waals surface area contributed by atoms with Gasteiger partial charge in [0.2, 0.25) is 10.0 Å². The molecule has 158 valence electrons. The number of furan rings is 1. The zero-order valence-corrected chi connectivity index (χ0v) is 17.7. The van der Waals surface area contributed by atoms with E-state index in [0.29, 0.717) is 5.76 Å². The van der Waals surface area contributed by atoms with E-state index < -0.39 is 10.0 Å². The summed E-state index contributed by atoms with van der Waals surface area (Å²) in [5, 5.41) is 3.82. The minimum Gasteiger partial charge on any atom is -0.459 e. The molecule has 3 aromatic carbocycles. The number of amides is 1. The topological polar surface area (TPSA) is 88.4 Å². The van der Waals surface area contributed by atoms with Gasteiger partial charge in [-0.05, 0) is 42.8 Å². The van der Waals surface area contributed by atoms with Crippen molar-refractivity contribution < 1.29 is 17.6 Å². The second kappa shape index (κ2) is 8.75. The molecule has 1 atom stereocenters. The number of fused-ring (bicyclic) bond motifs is 1. The Morgan fingerprint density at radius 1 is 0.935 bits per heavy atom. The quantitative estimate of drug-likeness (QED) is 0.451. The molecule has 6 nitrogen and oxygen atoms in total. The van der Waals surface area contributed by atoms with Gasteiger partial charge in [0, 0.05) is 17.5 Å². The van der Waals surface area contributed by atoms with E-state index in [1.165, 1.54) is 12.1 Å². The third kappa shape index (κ3) is 4.84. The molecule has 0 aliphatic heterocycles. The number of hydrogen-bond donors (Lipinski definition) is 2. The Labute approximate surface area is 181 Å². The highest BCUT2D eigenvalue weighted by molar-refractivity contribution is 7.89. The monoisotopic (exact) mass is 434 g/mol. The fourth-order valence-electron chi connectivity index (χ4n) is 3.23. The molecule has 0 radical (unpaired) electrons. The molecule has 0 aliphatic carbocycles. The molecular formula is C24H22N2O4S. The number of carbonyl (C=O) groups is 1. The molecule has 0 unspecified atom stereocenters. The molecule has 31 heavy (non-hydrogen) atoms. The molecule has 0 spiro atoms. The maximum absolute atomic E-state index is 12.7. The smallest absolute Gasteiger partial charge is 0.251 e. The zero-order chi connectivity index (χ0) is 21.8. The highest BCUT2D eigenvalue weighted by Crippen LogP contribution is 2.24. The summed E-state index contributed by atoms with van der Waals surface area (Å²) in [5.41, 5.74) is 1.85. The summed E-state index contributed by atoms with van der Waals surface area (Å²) in [6, 6.07) is 24.3. The minimum atomic E-state index is -3.76. The summed E-state index contributed by atoms with van der Waals surface area (Å²) >= 11 is 0. The van der Waals surface area contributed by atoms with Crippen molar-refractivity contribution >= 4 is 26.9 Å². The number of sulfonamides is 1. The molecule has 0 saturated heterocycles. The first-order valence-electron chi connectivity index (χ1n) is 9.85. The van der Waals surface area contributed by atoms with Gasteiger partial charge in [0.05, 0.1) is 10.9 Å². The highest BCUT2D eigenvalue weighted by atomic mass is 32.2. The number of rotatable bonds is 7. The Kier molecular flexibility index (Phi) is 5.88. The van der Waals surface area contributed by atoms with Crippen molar-refractivity contribution in [1.82, 2.24) is 10.0 Å². The summed E-state index contributed by atoms with van der Waals surface area (Å²) in [6.07, 6.45) is 0. The molecule has 0 bridgehead atoms. The fourth-order valence-corrected chi connectivity index (χ4v) is 4.29. The standard InChI is InChI=1S/C24H22N2O4S/c1-17(23-15-19-10-5-6-13-22(19)30-23)26-24(27)20-11-7-12-21(14-20)31(28,29)25-16-18-8-3-2-4-9-18/h2-15,17,25H,16H2,1H3,(H,26,27)/t17-/m0/s1. The van der Waals surface area contributed by atoms with Gasteiger partial charge in [-0.1, -0.05) is 54.6 Å². The first kappa shape index (κ1) is 20.8. The van der Waals surface area contributed by atoms with Crippen LogP contribution in [-0.4, -0.2) is 14.3 Å². The normalized spacial score (nSPS) is 12.5. The van der Waals surface area contributed by atoms with E-state index in [0.717, 1.165) is 16.5 Å². The molecule has 0 saturated carbocycles. The number of para-hydroxylation sites is 1. The molecular weight excluding hydrogens is 412 g/mol. The van der Waals surface area contributed by atoms with Crippen LogP contribution in [0.3, 0.4) is 0 Å². The Hall–Kier alpha value is -3.42. The average Bonchev–Trinajstić information content (AvgIpc) is 3.23. The second-order valence-electron chi connectivity index (χ2n) is 7.22. The first-order chi connectivity index (χ1) is 14.9. The molecule has 1 amide bonds. The van der Waals surface area contributed by atoms with E-state index in [4.69, 9.17) is 4.42 Å².